The predicted octanol–water partition coefficient (Wildman–Crippen LogP) is 4.64. The van der Waals surface area contributed by atoms with E-state index in [0.29, 0.717) is 12.2 Å². The van der Waals surface area contributed by atoms with Gasteiger partial charge in [-0.3, -0.25) is 0 Å². The van der Waals surface area contributed by atoms with Gasteiger partial charge in [-0.2, -0.15) is 0 Å². The third-order valence-electron chi connectivity index (χ3n) is 2.83. The summed E-state index contributed by atoms with van der Waals surface area (Å²) < 4.78 is 5.02. The maximum Gasteiger partial charge on any atom is 0.333 e. The average Bonchev–Trinajstić information content (AvgIpc) is 2.31. The summed E-state index contributed by atoms with van der Waals surface area (Å²) in [5.41, 5.74) is 0.487. The molecular weight excluding hydrogens is 212 g/mol. The zero-order chi connectivity index (χ0) is 12.9. The zero-order valence-corrected chi connectivity index (χ0v) is 11.6. The molecule has 0 aromatic heterocycles. The monoisotopic (exact) mass is 240 g/mol. The second-order valence-corrected chi connectivity index (χ2v) is 4.74. The SMILES string of the molecule is C=C(C)C(=O)OCCCCCCCCCCC. The third-order valence-corrected chi connectivity index (χ3v) is 2.83. The number of rotatable bonds is 11. The minimum absolute atomic E-state index is 0.260. The number of ether oxygens (including phenoxy) is 1. The standard InChI is InChI=1S/C15H28O2/c1-4-5-6-7-8-9-10-11-12-13-17-15(16)14(2)3/h2,4-13H2,1,3H3. The van der Waals surface area contributed by atoms with Crippen molar-refractivity contribution in [3.8, 4) is 0 Å². The maximum absolute atomic E-state index is 11.1. The Balaban J connectivity index is 3.08. The van der Waals surface area contributed by atoms with E-state index in [1.807, 2.05) is 0 Å². The molecule has 17 heavy (non-hydrogen) atoms. The molecule has 0 rings (SSSR count). The Kier molecular flexibility index (Phi) is 11.1. The highest BCUT2D eigenvalue weighted by atomic mass is 16.5. The molecule has 0 amide bonds. The first-order valence-corrected chi connectivity index (χ1v) is 7.01. The van der Waals surface area contributed by atoms with Crippen LogP contribution in [0.25, 0.3) is 0 Å². The lowest BCUT2D eigenvalue weighted by molar-refractivity contribution is -0.139. The fourth-order valence-corrected chi connectivity index (χ4v) is 1.70. The fourth-order valence-electron chi connectivity index (χ4n) is 1.70. The van der Waals surface area contributed by atoms with Crippen LogP contribution in [0, 0.1) is 0 Å². The Labute approximate surface area is 106 Å². The van der Waals surface area contributed by atoms with Gasteiger partial charge in [-0.15, -0.1) is 0 Å². The van der Waals surface area contributed by atoms with Crippen LogP contribution in [0.5, 0.6) is 0 Å². The van der Waals surface area contributed by atoms with Crippen molar-refractivity contribution in [1.29, 1.82) is 0 Å². The van der Waals surface area contributed by atoms with Crippen LogP contribution < -0.4 is 0 Å². The van der Waals surface area contributed by atoms with Gasteiger partial charge in [-0.1, -0.05) is 64.9 Å². The van der Waals surface area contributed by atoms with Gasteiger partial charge in [0.15, 0.2) is 0 Å². The third kappa shape index (κ3) is 11.5. The first-order chi connectivity index (χ1) is 8.18. The molecule has 0 bridgehead atoms. The molecule has 0 radical (unpaired) electrons. The average molecular weight is 240 g/mol. The highest BCUT2D eigenvalue weighted by molar-refractivity contribution is 5.86. The first-order valence-electron chi connectivity index (χ1n) is 7.01. The maximum atomic E-state index is 11.1. The van der Waals surface area contributed by atoms with Crippen molar-refractivity contribution in [2.75, 3.05) is 6.61 Å². The van der Waals surface area contributed by atoms with Crippen LogP contribution in [-0.2, 0) is 9.53 Å². The van der Waals surface area contributed by atoms with E-state index in [1.54, 1.807) is 6.92 Å². The quantitative estimate of drug-likeness (QED) is 0.299. The summed E-state index contributed by atoms with van der Waals surface area (Å²) in [6, 6.07) is 0. The van der Waals surface area contributed by atoms with Crippen molar-refractivity contribution in [1.82, 2.24) is 0 Å². The number of carbonyl (C=O) groups excluding carboxylic acids is 1. The molecule has 100 valence electrons. The number of hydrogen-bond acceptors (Lipinski definition) is 2. The minimum atomic E-state index is -0.260. The summed E-state index contributed by atoms with van der Waals surface area (Å²) in [7, 11) is 0. The van der Waals surface area contributed by atoms with E-state index >= 15 is 0 Å². The van der Waals surface area contributed by atoms with Gasteiger partial charge in [-0.05, 0) is 13.3 Å². The molecule has 0 saturated carbocycles. The summed E-state index contributed by atoms with van der Waals surface area (Å²) in [5, 5.41) is 0. The summed E-state index contributed by atoms with van der Waals surface area (Å²) in [4.78, 5) is 11.1. The van der Waals surface area contributed by atoms with Crippen LogP contribution in [-0.4, -0.2) is 12.6 Å². The Hall–Kier alpha value is -0.790. The second-order valence-electron chi connectivity index (χ2n) is 4.74. The topological polar surface area (TPSA) is 26.3 Å². The molecule has 0 unspecified atom stereocenters. The molecule has 0 atom stereocenters. The molecule has 0 saturated heterocycles. The van der Waals surface area contributed by atoms with Gasteiger partial charge in [0.2, 0.25) is 0 Å². The molecule has 0 aliphatic rings. The summed E-state index contributed by atoms with van der Waals surface area (Å²) >= 11 is 0. The molecule has 0 spiro atoms. The van der Waals surface area contributed by atoms with Crippen molar-refractivity contribution >= 4 is 5.97 Å². The lowest BCUT2D eigenvalue weighted by Gasteiger charge is -2.04. The van der Waals surface area contributed by atoms with E-state index in [2.05, 4.69) is 13.5 Å². The van der Waals surface area contributed by atoms with Crippen LogP contribution in [0.15, 0.2) is 12.2 Å². The number of esters is 1. The normalized spacial score (nSPS) is 10.2. The van der Waals surface area contributed by atoms with Crippen molar-refractivity contribution < 1.29 is 9.53 Å². The van der Waals surface area contributed by atoms with Gasteiger partial charge in [0.25, 0.3) is 0 Å². The van der Waals surface area contributed by atoms with Crippen molar-refractivity contribution in [3.63, 3.8) is 0 Å². The molecule has 2 heteroatoms. The van der Waals surface area contributed by atoms with Gasteiger partial charge in [-0.25, -0.2) is 4.79 Å². The Morgan fingerprint density at radius 1 is 0.941 bits per heavy atom. The molecule has 0 N–H and O–H groups in total. The smallest absolute Gasteiger partial charge is 0.333 e. The second kappa shape index (κ2) is 11.7. The minimum Gasteiger partial charge on any atom is -0.462 e. The highest BCUT2D eigenvalue weighted by Crippen LogP contribution is 2.09. The largest absolute Gasteiger partial charge is 0.462 e. The van der Waals surface area contributed by atoms with Crippen molar-refractivity contribution in [2.45, 2.75) is 71.6 Å². The Morgan fingerprint density at radius 3 is 1.88 bits per heavy atom. The zero-order valence-electron chi connectivity index (χ0n) is 11.6. The van der Waals surface area contributed by atoms with E-state index in [1.165, 1.54) is 44.9 Å². The van der Waals surface area contributed by atoms with Crippen LogP contribution in [0.1, 0.15) is 71.6 Å². The van der Waals surface area contributed by atoms with E-state index in [4.69, 9.17) is 4.74 Å². The highest BCUT2D eigenvalue weighted by Gasteiger charge is 2.01. The Morgan fingerprint density at radius 2 is 1.41 bits per heavy atom. The lowest BCUT2D eigenvalue weighted by atomic mass is 10.1. The fraction of sp³-hybridized carbons (Fsp3) is 0.800. The molecule has 0 fully saturated rings. The van der Waals surface area contributed by atoms with Crippen LogP contribution in [0.2, 0.25) is 0 Å². The lowest BCUT2D eigenvalue weighted by Crippen LogP contribution is -2.05. The molecule has 0 aliphatic heterocycles. The summed E-state index contributed by atoms with van der Waals surface area (Å²) in [5.74, 6) is -0.260. The number of unbranched alkanes of at least 4 members (excludes halogenated alkanes) is 8. The van der Waals surface area contributed by atoms with Gasteiger partial charge in [0.1, 0.15) is 0 Å². The molecule has 0 aromatic carbocycles. The number of hydrogen-bond donors (Lipinski definition) is 0. The van der Waals surface area contributed by atoms with Crippen molar-refractivity contribution in [3.05, 3.63) is 12.2 Å². The van der Waals surface area contributed by atoms with E-state index in [-0.39, 0.29) is 5.97 Å². The number of carbonyl (C=O) groups is 1. The summed E-state index contributed by atoms with van der Waals surface area (Å²) in [6.45, 7) is 8.01. The summed E-state index contributed by atoms with van der Waals surface area (Å²) in [6.07, 6.45) is 11.5. The molecule has 0 heterocycles. The Bertz CT molecular complexity index is 209. The van der Waals surface area contributed by atoms with Crippen molar-refractivity contribution in [2.24, 2.45) is 0 Å². The van der Waals surface area contributed by atoms with E-state index < -0.39 is 0 Å². The van der Waals surface area contributed by atoms with Crippen LogP contribution in [0.3, 0.4) is 0 Å². The van der Waals surface area contributed by atoms with Gasteiger partial charge >= 0.3 is 5.97 Å². The molecule has 2 nitrogen and oxygen atoms in total. The van der Waals surface area contributed by atoms with Crippen LogP contribution in [0.4, 0.5) is 0 Å². The molecule has 0 aliphatic carbocycles. The van der Waals surface area contributed by atoms with E-state index in [0.717, 1.165) is 12.8 Å². The van der Waals surface area contributed by atoms with Gasteiger partial charge < -0.3 is 4.74 Å². The molecule has 0 aromatic rings. The van der Waals surface area contributed by atoms with Gasteiger partial charge in [0, 0.05) is 5.57 Å². The predicted molar refractivity (Wildman–Crippen MR) is 73.0 cm³/mol. The van der Waals surface area contributed by atoms with Crippen LogP contribution >= 0.6 is 0 Å². The van der Waals surface area contributed by atoms with Gasteiger partial charge in [0.05, 0.1) is 6.61 Å². The first kappa shape index (κ1) is 16.2. The van der Waals surface area contributed by atoms with E-state index in [9.17, 15) is 4.79 Å². The molecular formula is C15H28O2.